The van der Waals surface area contributed by atoms with Crippen molar-refractivity contribution in [2.75, 3.05) is 32.2 Å². The molecule has 222 valence electrons. The molecular formula is C34H36N4O5. The maximum Gasteiger partial charge on any atom is 0.331 e. The molecule has 0 amide bonds. The number of pyridine rings is 1. The zero-order valence-corrected chi connectivity index (χ0v) is 24.4. The molecule has 0 saturated carbocycles. The first kappa shape index (κ1) is 28.5. The molecule has 0 aliphatic carbocycles. The van der Waals surface area contributed by atoms with Crippen LogP contribution in [-0.4, -0.2) is 48.1 Å². The molecule has 5 aromatic rings. The summed E-state index contributed by atoms with van der Waals surface area (Å²) in [7, 11) is 3.38. The predicted octanol–water partition coefficient (Wildman–Crippen LogP) is 5.71. The molecule has 2 aromatic heterocycles. The van der Waals surface area contributed by atoms with Crippen LogP contribution in [-0.2, 0) is 22.7 Å². The van der Waals surface area contributed by atoms with E-state index in [1.54, 1.807) is 24.9 Å². The third-order valence-corrected chi connectivity index (χ3v) is 7.92. The Bertz CT molecular complexity index is 1690. The molecule has 0 unspecified atom stereocenters. The van der Waals surface area contributed by atoms with E-state index in [-0.39, 0.29) is 12.0 Å². The lowest BCUT2D eigenvalue weighted by atomic mass is 9.95. The number of hydrogen-bond acceptors (Lipinski definition) is 7. The molecule has 9 nitrogen and oxygen atoms in total. The number of anilines is 1. The number of imidazole rings is 1. The number of nitrogens with one attached hydrogen (secondary N) is 1. The minimum atomic E-state index is -0.266. The van der Waals surface area contributed by atoms with Gasteiger partial charge in [0.2, 0.25) is 11.8 Å². The number of benzene rings is 3. The Morgan fingerprint density at radius 3 is 2.14 bits per heavy atom. The lowest BCUT2D eigenvalue weighted by molar-refractivity contribution is -0.141. The highest BCUT2D eigenvalue weighted by molar-refractivity contribution is 5.82. The van der Waals surface area contributed by atoms with E-state index in [0.717, 1.165) is 53.8 Å². The maximum atomic E-state index is 13.4. The Kier molecular flexibility index (Phi) is 8.72. The molecule has 0 radical (unpaired) electrons. The fourth-order valence-electron chi connectivity index (χ4n) is 5.67. The topological polar surface area (TPSA) is 90.8 Å². The minimum Gasteiger partial charge on any atom is -0.473 e. The van der Waals surface area contributed by atoms with Crippen LogP contribution in [0.25, 0.3) is 16.7 Å². The lowest BCUT2D eigenvalue weighted by Crippen LogP contribution is -2.39. The Balaban J connectivity index is 1.31. The quantitative estimate of drug-likeness (QED) is 0.200. The molecule has 1 aliphatic rings. The molecule has 1 saturated heterocycles. The molecule has 3 aromatic carbocycles. The highest BCUT2D eigenvalue weighted by atomic mass is 16.7. The van der Waals surface area contributed by atoms with Crippen molar-refractivity contribution >= 4 is 16.7 Å². The SMILES string of the molecule is COC(OC)C1CCN(c2ccc3[nH]c(=O)n(-c4ccc(OCc5ccccc5)nc4OCc4ccccc4)c3c2)CC1. The van der Waals surface area contributed by atoms with E-state index < -0.39 is 0 Å². The zero-order chi connectivity index (χ0) is 29.6. The van der Waals surface area contributed by atoms with E-state index in [1.165, 1.54) is 0 Å². The van der Waals surface area contributed by atoms with Crippen LogP contribution >= 0.6 is 0 Å². The Hall–Kier alpha value is -4.60. The molecule has 0 spiro atoms. The van der Waals surface area contributed by atoms with Crippen LogP contribution in [0, 0.1) is 5.92 Å². The van der Waals surface area contributed by atoms with Gasteiger partial charge in [0.1, 0.15) is 18.9 Å². The van der Waals surface area contributed by atoms with Gasteiger partial charge in [-0.05, 0) is 48.2 Å². The monoisotopic (exact) mass is 580 g/mol. The molecule has 43 heavy (non-hydrogen) atoms. The van der Waals surface area contributed by atoms with Crippen molar-refractivity contribution in [2.45, 2.75) is 32.3 Å². The van der Waals surface area contributed by atoms with E-state index in [1.807, 2.05) is 72.8 Å². The van der Waals surface area contributed by atoms with E-state index in [9.17, 15) is 4.79 Å². The highest BCUT2D eigenvalue weighted by Gasteiger charge is 2.27. The Labute approximate surface area is 250 Å². The van der Waals surface area contributed by atoms with Gasteiger partial charge in [0.25, 0.3) is 0 Å². The van der Waals surface area contributed by atoms with Crippen LogP contribution in [0.5, 0.6) is 11.8 Å². The van der Waals surface area contributed by atoms with Crippen molar-refractivity contribution in [1.29, 1.82) is 0 Å². The highest BCUT2D eigenvalue weighted by Crippen LogP contribution is 2.31. The molecule has 6 rings (SSSR count). The van der Waals surface area contributed by atoms with Gasteiger partial charge >= 0.3 is 5.69 Å². The van der Waals surface area contributed by atoms with Crippen molar-refractivity contribution in [2.24, 2.45) is 5.92 Å². The molecule has 1 fully saturated rings. The summed E-state index contributed by atoms with van der Waals surface area (Å²) in [5, 5.41) is 0. The third kappa shape index (κ3) is 6.43. The zero-order valence-electron chi connectivity index (χ0n) is 24.4. The minimum absolute atomic E-state index is 0.194. The Morgan fingerprint density at radius 2 is 1.49 bits per heavy atom. The molecule has 9 heteroatoms. The predicted molar refractivity (Wildman–Crippen MR) is 166 cm³/mol. The Morgan fingerprint density at radius 1 is 0.837 bits per heavy atom. The smallest absolute Gasteiger partial charge is 0.331 e. The standard InChI is InChI=1S/C34H36N4O5/c1-40-33(41-2)26-17-19-37(20-18-26)27-13-14-28-30(21-27)38(34(39)35-28)29-15-16-31(42-22-24-9-5-3-6-10-24)36-32(29)43-23-25-11-7-4-8-12-25/h3-16,21,26,33H,17-20,22-23H2,1-2H3,(H,35,39). The maximum absolute atomic E-state index is 13.4. The number of aromatic nitrogens is 3. The molecular weight excluding hydrogens is 544 g/mol. The van der Waals surface area contributed by atoms with Crippen molar-refractivity contribution in [1.82, 2.24) is 14.5 Å². The first-order chi connectivity index (χ1) is 21.1. The van der Waals surface area contributed by atoms with Gasteiger partial charge in [0.05, 0.1) is 11.0 Å². The number of aromatic amines is 1. The normalized spacial score (nSPS) is 14.0. The van der Waals surface area contributed by atoms with Gasteiger partial charge in [0.15, 0.2) is 6.29 Å². The number of fused-ring (bicyclic) bond motifs is 1. The van der Waals surface area contributed by atoms with Gasteiger partial charge in [-0.15, -0.1) is 0 Å². The average Bonchev–Trinajstić information content (AvgIpc) is 3.39. The van der Waals surface area contributed by atoms with Crippen molar-refractivity contribution in [3.05, 3.63) is 113 Å². The van der Waals surface area contributed by atoms with Crippen LogP contribution in [0.15, 0.2) is 95.8 Å². The summed E-state index contributed by atoms with van der Waals surface area (Å²) < 4.78 is 24.9. The molecule has 1 N–H and O–H groups in total. The third-order valence-electron chi connectivity index (χ3n) is 7.92. The number of hydrogen-bond donors (Lipinski definition) is 1. The largest absolute Gasteiger partial charge is 0.473 e. The van der Waals surface area contributed by atoms with E-state index in [0.29, 0.717) is 36.6 Å². The summed E-state index contributed by atoms with van der Waals surface area (Å²) in [6.07, 6.45) is 1.72. The molecule has 3 heterocycles. The molecule has 1 aliphatic heterocycles. The fraction of sp³-hybridized carbons (Fsp3) is 0.294. The van der Waals surface area contributed by atoms with Crippen LogP contribution in [0.3, 0.4) is 0 Å². The van der Waals surface area contributed by atoms with Crippen molar-refractivity contribution < 1.29 is 18.9 Å². The number of methoxy groups -OCH3 is 2. The van der Waals surface area contributed by atoms with E-state index >= 15 is 0 Å². The summed E-state index contributed by atoms with van der Waals surface area (Å²) in [4.78, 5) is 23.4. The first-order valence-corrected chi connectivity index (χ1v) is 14.5. The van der Waals surface area contributed by atoms with Crippen LogP contribution in [0.4, 0.5) is 5.69 Å². The van der Waals surface area contributed by atoms with Gasteiger partial charge in [-0.2, -0.15) is 4.98 Å². The molecule has 0 atom stereocenters. The van der Waals surface area contributed by atoms with Crippen LogP contribution in [0.2, 0.25) is 0 Å². The summed E-state index contributed by atoms with van der Waals surface area (Å²) in [5.41, 5.74) is 4.84. The number of rotatable bonds is 11. The second-order valence-corrected chi connectivity index (χ2v) is 10.7. The lowest BCUT2D eigenvalue weighted by Gasteiger charge is -2.36. The van der Waals surface area contributed by atoms with Crippen molar-refractivity contribution in [3.63, 3.8) is 0 Å². The number of ether oxygens (including phenoxy) is 4. The average molecular weight is 581 g/mol. The first-order valence-electron chi connectivity index (χ1n) is 14.5. The number of nitrogens with zero attached hydrogens (tertiary/aromatic N) is 3. The number of piperidine rings is 1. The van der Waals surface area contributed by atoms with Gasteiger partial charge in [0, 0.05) is 45.0 Å². The summed E-state index contributed by atoms with van der Waals surface area (Å²) in [6.45, 7) is 2.40. The second kappa shape index (κ2) is 13.1. The summed E-state index contributed by atoms with van der Waals surface area (Å²) >= 11 is 0. The second-order valence-electron chi connectivity index (χ2n) is 10.7. The summed E-state index contributed by atoms with van der Waals surface area (Å²) in [6, 6.07) is 29.5. The van der Waals surface area contributed by atoms with Crippen LogP contribution < -0.4 is 20.1 Å². The fourth-order valence-corrected chi connectivity index (χ4v) is 5.67. The van der Waals surface area contributed by atoms with E-state index in [4.69, 9.17) is 23.9 Å². The van der Waals surface area contributed by atoms with Gasteiger partial charge in [-0.25, -0.2) is 4.79 Å². The van der Waals surface area contributed by atoms with Crippen LogP contribution in [0.1, 0.15) is 24.0 Å². The number of H-pyrrole nitrogens is 1. The molecule has 0 bridgehead atoms. The van der Waals surface area contributed by atoms with Crippen molar-refractivity contribution in [3.8, 4) is 17.4 Å². The van der Waals surface area contributed by atoms with Gasteiger partial charge in [-0.1, -0.05) is 60.7 Å². The summed E-state index contributed by atoms with van der Waals surface area (Å²) in [5.74, 6) is 1.07. The van der Waals surface area contributed by atoms with Gasteiger partial charge < -0.3 is 28.8 Å². The van der Waals surface area contributed by atoms with E-state index in [2.05, 4.69) is 22.0 Å². The van der Waals surface area contributed by atoms with Gasteiger partial charge in [-0.3, -0.25) is 4.57 Å².